The van der Waals surface area contributed by atoms with Crippen LogP contribution in [0, 0.1) is 11.8 Å². The van der Waals surface area contributed by atoms with Gasteiger partial charge in [-0.15, -0.1) is 11.8 Å². The van der Waals surface area contributed by atoms with Crippen molar-refractivity contribution in [1.29, 1.82) is 0 Å². The number of rotatable bonds is 8. The minimum Gasteiger partial charge on any atom is -0.338 e. The van der Waals surface area contributed by atoms with Crippen LogP contribution >= 0.6 is 11.8 Å². The number of hydrogen-bond donors (Lipinski definition) is 0. The van der Waals surface area contributed by atoms with Crippen LogP contribution in [-0.2, 0) is 0 Å². The summed E-state index contributed by atoms with van der Waals surface area (Å²) in [7, 11) is 0. The monoisotopic (exact) mass is 308 g/mol. The van der Waals surface area contributed by atoms with Gasteiger partial charge in [-0.25, -0.2) is 4.98 Å². The molecule has 0 bridgehead atoms. The Labute approximate surface area is 133 Å². The molecule has 21 heavy (non-hydrogen) atoms. The van der Waals surface area contributed by atoms with E-state index in [0.29, 0.717) is 11.8 Å². The first kappa shape index (κ1) is 18.0. The Morgan fingerprint density at radius 1 is 1.24 bits per heavy atom. The second-order valence-corrected chi connectivity index (χ2v) is 7.29. The normalized spacial score (nSPS) is 11.2. The summed E-state index contributed by atoms with van der Waals surface area (Å²) in [6, 6.07) is 3.76. The van der Waals surface area contributed by atoms with Crippen molar-refractivity contribution in [3.63, 3.8) is 0 Å². The third kappa shape index (κ3) is 6.08. The molecule has 118 valence electrons. The fourth-order valence-corrected chi connectivity index (χ4v) is 3.00. The van der Waals surface area contributed by atoms with Crippen molar-refractivity contribution in [1.82, 2.24) is 9.88 Å². The molecule has 0 aromatic carbocycles. The van der Waals surface area contributed by atoms with E-state index < -0.39 is 0 Å². The SMILES string of the molecule is CCCSc1ncccc1C(=O)N(CC(C)C)CC(C)C. The fraction of sp³-hybridized carbons (Fsp3) is 0.647. The number of aromatic nitrogens is 1. The van der Waals surface area contributed by atoms with Crippen LogP contribution in [0.5, 0.6) is 0 Å². The van der Waals surface area contributed by atoms with Crippen molar-refractivity contribution >= 4 is 17.7 Å². The van der Waals surface area contributed by atoms with Crippen LogP contribution in [0.25, 0.3) is 0 Å². The number of carbonyl (C=O) groups is 1. The Kier molecular flexibility index (Phi) is 7.79. The Morgan fingerprint density at radius 3 is 2.38 bits per heavy atom. The first-order valence-electron chi connectivity index (χ1n) is 7.82. The molecule has 1 amide bonds. The van der Waals surface area contributed by atoms with Crippen LogP contribution in [0.2, 0.25) is 0 Å². The highest BCUT2D eigenvalue weighted by Crippen LogP contribution is 2.22. The van der Waals surface area contributed by atoms with Crippen molar-refractivity contribution in [2.45, 2.75) is 46.1 Å². The number of nitrogens with zero attached hydrogens (tertiary/aromatic N) is 2. The summed E-state index contributed by atoms with van der Waals surface area (Å²) in [6.07, 6.45) is 2.85. The van der Waals surface area contributed by atoms with Gasteiger partial charge in [-0.2, -0.15) is 0 Å². The molecular weight excluding hydrogens is 280 g/mol. The summed E-state index contributed by atoms with van der Waals surface area (Å²) >= 11 is 1.67. The lowest BCUT2D eigenvalue weighted by Gasteiger charge is -2.27. The van der Waals surface area contributed by atoms with Gasteiger partial charge in [0.05, 0.1) is 5.56 Å². The standard InChI is InChI=1S/C17H28N2OS/c1-6-10-21-16-15(8-7-9-18-16)17(20)19(11-13(2)3)12-14(4)5/h7-9,13-14H,6,10-12H2,1-5H3. The zero-order chi connectivity index (χ0) is 15.8. The van der Waals surface area contributed by atoms with Gasteiger partial charge in [0.25, 0.3) is 5.91 Å². The van der Waals surface area contributed by atoms with E-state index in [1.165, 1.54) is 0 Å². The van der Waals surface area contributed by atoms with E-state index in [9.17, 15) is 4.79 Å². The largest absolute Gasteiger partial charge is 0.338 e. The molecule has 1 aromatic rings. The van der Waals surface area contributed by atoms with Gasteiger partial charge >= 0.3 is 0 Å². The van der Waals surface area contributed by atoms with Gasteiger partial charge in [-0.3, -0.25) is 4.79 Å². The van der Waals surface area contributed by atoms with Crippen molar-refractivity contribution < 1.29 is 4.79 Å². The predicted octanol–water partition coefficient (Wildman–Crippen LogP) is 4.34. The maximum atomic E-state index is 12.9. The minimum absolute atomic E-state index is 0.115. The zero-order valence-electron chi connectivity index (χ0n) is 13.9. The molecule has 0 aliphatic heterocycles. The average molecular weight is 308 g/mol. The van der Waals surface area contributed by atoms with E-state index in [0.717, 1.165) is 35.9 Å². The van der Waals surface area contributed by atoms with Crippen molar-refractivity contribution in [2.75, 3.05) is 18.8 Å². The zero-order valence-corrected chi connectivity index (χ0v) is 14.7. The molecule has 4 heteroatoms. The van der Waals surface area contributed by atoms with Crippen molar-refractivity contribution in [3.8, 4) is 0 Å². The number of thioether (sulfide) groups is 1. The lowest BCUT2D eigenvalue weighted by molar-refractivity contribution is 0.0710. The third-order valence-electron chi connectivity index (χ3n) is 2.90. The Balaban J connectivity index is 2.96. The molecule has 0 unspecified atom stereocenters. The van der Waals surface area contributed by atoms with Crippen LogP contribution in [-0.4, -0.2) is 34.6 Å². The molecule has 0 fully saturated rings. The number of amides is 1. The molecule has 0 saturated heterocycles. The summed E-state index contributed by atoms with van der Waals surface area (Å²) in [5.74, 6) is 2.04. The molecule has 0 radical (unpaired) electrons. The molecule has 3 nitrogen and oxygen atoms in total. The van der Waals surface area contributed by atoms with Gasteiger partial charge in [-0.1, -0.05) is 34.6 Å². The van der Waals surface area contributed by atoms with Crippen LogP contribution in [0.3, 0.4) is 0 Å². The minimum atomic E-state index is 0.115. The molecule has 0 spiro atoms. The van der Waals surface area contributed by atoms with Gasteiger partial charge < -0.3 is 4.90 Å². The van der Waals surface area contributed by atoms with Gasteiger partial charge in [-0.05, 0) is 36.1 Å². The molecule has 0 aliphatic rings. The summed E-state index contributed by atoms with van der Waals surface area (Å²) in [5, 5.41) is 0.863. The quantitative estimate of drug-likeness (QED) is 0.670. The third-order valence-corrected chi connectivity index (χ3v) is 4.11. The summed E-state index contributed by atoms with van der Waals surface area (Å²) in [5.41, 5.74) is 0.747. The van der Waals surface area contributed by atoms with E-state index in [4.69, 9.17) is 0 Å². The van der Waals surface area contributed by atoms with E-state index in [1.807, 2.05) is 17.0 Å². The Bertz CT molecular complexity index is 436. The van der Waals surface area contributed by atoms with Gasteiger partial charge in [0, 0.05) is 19.3 Å². The van der Waals surface area contributed by atoms with E-state index in [2.05, 4.69) is 39.6 Å². The molecule has 0 atom stereocenters. The second kappa shape index (κ2) is 9.08. The second-order valence-electron chi connectivity index (χ2n) is 6.20. The Morgan fingerprint density at radius 2 is 1.86 bits per heavy atom. The number of hydrogen-bond acceptors (Lipinski definition) is 3. The van der Waals surface area contributed by atoms with Crippen molar-refractivity contribution in [3.05, 3.63) is 23.9 Å². The first-order valence-corrected chi connectivity index (χ1v) is 8.81. The van der Waals surface area contributed by atoms with E-state index in [-0.39, 0.29) is 5.91 Å². The fourth-order valence-electron chi connectivity index (χ4n) is 2.16. The van der Waals surface area contributed by atoms with Crippen LogP contribution in [0.1, 0.15) is 51.4 Å². The lowest BCUT2D eigenvalue weighted by atomic mass is 10.1. The first-order chi connectivity index (χ1) is 9.95. The highest BCUT2D eigenvalue weighted by molar-refractivity contribution is 7.99. The summed E-state index contributed by atoms with van der Waals surface area (Å²) in [4.78, 5) is 19.2. The molecule has 1 rings (SSSR count). The predicted molar refractivity (Wildman–Crippen MR) is 90.8 cm³/mol. The van der Waals surface area contributed by atoms with Gasteiger partial charge in [0.15, 0.2) is 0 Å². The number of carbonyl (C=O) groups excluding carboxylic acids is 1. The van der Waals surface area contributed by atoms with Crippen LogP contribution in [0.15, 0.2) is 23.4 Å². The molecule has 1 aromatic heterocycles. The smallest absolute Gasteiger partial charge is 0.256 e. The van der Waals surface area contributed by atoms with E-state index in [1.54, 1.807) is 18.0 Å². The molecular formula is C17H28N2OS. The number of pyridine rings is 1. The van der Waals surface area contributed by atoms with Crippen LogP contribution < -0.4 is 0 Å². The average Bonchev–Trinajstić information content (AvgIpc) is 2.43. The maximum absolute atomic E-state index is 12.9. The summed E-state index contributed by atoms with van der Waals surface area (Å²) in [6.45, 7) is 12.3. The van der Waals surface area contributed by atoms with Crippen molar-refractivity contribution in [2.24, 2.45) is 11.8 Å². The van der Waals surface area contributed by atoms with Crippen LogP contribution in [0.4, 0.5) is 0 Å². The maximum Gasteiger partial charge on any atom is 0.256 e. The summed E-state index contributed by atoms with van der Waals surface area (Å²) < 4.78 is 0. The lowest BCUT2D eigenvalue weighted by Crippen LogP contribution is -2.37. The van der Waals surface area contributed by atoms with Gasteiger partial charge in [0.1, 0.15) is 5.03 Å². The van der Waals surface area contributed by atoms with Gasteiger partial charge in [0.2, 0.25) is 0 Å². The highest BCUT2D eigenvalue weighted by Gasteiger charge is 2.21. The molecule has 1 heterocycles. The topological polar surface area (TPSA) is 33.2 Å². The highest BCUT2D eigenvalue weighted by atomic mass is 32.2. The van der Waals surface area contributed by atoms with E-state index >= 15 is 0 Å². The molecule has 0 aliphatic carbocycles. The molecule has 0 saturated carbocycles. The Hall–Kier alpha value is -1.03. The molecule has 0 N–H and O–H groups in total.